The van der Waals surface area contributed by atoms with Crippen molar-refractivity contribution in [3.63, 3.8) is 0 Å². The predicted molar refractivity (Wildman–Crippen MR) is 82.2 cm³/mol. The van der Waals surface area contributed by atoms with E-state index in [1.165, 1.54) is 6.07 Å². The minimum Gasteiger partial charge on any atom is -0.364 e. The van der Waals surface area contributed by atoms with Crippen LogP contribution < -0.4 is 10.6 Å². The summed E-state index contributed by atoms with van der Waals surface area (Å²) >= 11 is 3.20. The molecule has 0 saturated heterocycles. The van der Waals surface area contributed by atoms with E-state index in [0.717, 1.165) is 11.3 Å². The zero-order valence-corrected chi connectivity index (χ0v) is 12.3. The van der Waals surface area contributed by atoms with Crippen LogP contribution in [0.2, 0.25) is 0 Å². The third kappa shape index (κ3) is 2.47. The number of rotatable bonds is 3. The lowest BCUT2D eigenvalue weighted by Crippen LogP contribution is -2.20. The van der Waals surface area contributed by atoms with Gasteiger partial charge in [-0.15, -0.1) is 0 Å². The van der Waals surface area contributed by atoms with Gasteiger partial charge in [0, 0.05) is 21.8 Å². The zero-order valence-electron chi connectivity index (χ0n) is 10.7. The highest BCUT2D eigenvalue weighted by molar-refractivity contribution is 9.10. The number of carbonyl (C=O) groups is 1. The number of nitrogens with zero attached hydrogens (tertiary/aromatic N) is 1. The number of carbonyl (C=O) groups excluding carboxylic acids is 1. The average molecular weight is 348 g/mol. The maximum absolute atomic E-state index is 12.0. The zero-order chi connectivity index (χ0) is 15.0. The summed E-state index contributed by atoms with van der Waals surface area (Å²) in [4.78, 5) is 22.7. The molecule has 0 aliphatic carbocycles. The number of nitro groups is 1. The topological polar surface area (TPSA) is 84.3 Å². The Bertz CT molecular complexity index is 748. The van der Waals surface area contributed by atoms with Crippen LogP contribution in [0, 0.1) is 10.1 Å². The first-order valence-electron chi connectivity index (χ1n) is 6.16. The summed E-state index contributed by atoms with van der Waals surface area (Å²) in [5.41, 5.74) is 1.72. The van der Waals surface area contributed by atoms with Crippen molar-refractivity contribution in [3.05, 3.63) is 62.6 Å². The molecule has 0 radical (unpaired) electrons. The highest BCUT2D eigenvalue weighted by atomic mass is 79.9. The Morgan fingerprint density at radius 2 is 2.00 bits per heavy atom. The SMILES string of the molecule is O=C1Nc2ccccc2C1Nc1ccc(Br)cc1[N+](=O)[O-]. The second-order valence-corrected chi connectivity index (χ2v) is 5.49. The summed E-state index contributed by atoms with van der Waals surface area (Å²) in [5, 5.41) is 16.8. The number of nitro benzene ring substituents is 1. The molecule has 3 rings (SSSR count). The summed E-state index contributed by atoms with van der Waals surface area (Å²) in [5.74, 6) is -0.228. The van der Waals surface area contributed by atoms with Crippen LogP contribution in [0.25, 0.3) is 0 Å². The van der Waals surface area contributed by atoms with Gasteiger partial charge in [0.05, 0.1) is 4.92 Å². The molecular formula is C14H10BrN3O3. The van der Waals surface area contributed by atoms with Crippen molar-refractivity contribution in [2.75, 3.05) is 10.6 Å². The Kier molecular flexibility index (Phi) is 3.34. The van der Waals surface area contributed by atoms with Crippen LogP contribution in [0.15, 0.2) is 46.9 Å². The lowest BCUT2D eigenvalue weighted by atomic mass is 10.1. The smallest absolute Gasteiger partial charge is 0.293 e. The normalized spacial score (nSPS) is 16.2. The van der Waals surface area contributed by atoms with E-state index in [9.17, 15) is 14.9 Å². The Balaban J connectivity index is 1.98. The molecule has 1 atom stereocenters. The van der Waals surface area contributed by atoms with Crippen LogP contribution >= 0.6 is 15.9 Å². The van der Waals surface area contributed by atoms with Crippen LogP contribution in [0.3, 0.4) is 0 Å². The van der Waals surface area contributed by atoms with Gasteiger partial charge in [0.2, 0.25) is 0 Å². The fraction of sp³-hybridized carbons (Fsp3) is 0.0714. The molecule has 2 aromatic carbocycles. The number of para-hydroxylation sites is 1. The van der Waals surface area contributed by atoms with E-state index in [1.54, 1.807) is 18.2 Å². The number of amides is 1. The van der Waals surface area contributed by atoms with Gasteiger partial charge in [-0.1, -0.05) is 34.1 Å². The standard InChI is InChI=1S/C14H10BrN3O3/c15-8-5-6-11(12(7-8)18(20)21)16-13-9-3-1-2-4-10(9)17-14(13)19/h1-7,13,16H,(H,17,19). The second-order valence-electron chi connectivity index (χ2n) is 4.57. The Morgan fingerprint density at radius 1 is 1.24 bits per heavy atom. The first-order valence-corrected chi connectivity index (χ1v) is 6.96. The molecule has 21 heavy (non-hydrogen) atoms. The molecule has 2 N–H and O–H groups in total. The van der Waals surface area contributed by atoms with Crippen molar-refractivity contribution in [2.24, 2.45) is 0 Å². The van der Waals surface area contributed by atoms with Crippen molar-refractivity contribution in [3.8, 4) is 0 Å². The van der Waals surface area contributed by atoms with Crippen LogP contribution in [-0.2, 0) is 4.79 Å². The highest BCUT2D eigenvalue weighted by Gasteiger charge is 2.31. The summed E-state index contributed by atoms with van der Waals surface area (Å²) in [6.07, 6.45) is 0. The molecule has 6 nitrogen and oxygen atoms in total. The first-order chi connectivity index (χ1) is 10.1. The number of fused-ring (bicyclic) bond motifs is 1. The quantitative estimate of drug-likeness (QED) is 0.657. The molecule has 1 aliphatic rings. The van der Waals surface area contributed by atoms with Crippen LogP contribution in [0.4, 0.5) is 17.1 Å². The fourth-order valence-corrected chi connectivity index (χ4v) is 2.63. The van der Waals surface area contributed by atoms with E-state index >= 15 is 0 Å². The lowest BCUT2D eigenvalue weighted by Gasteiger charge is -2.13. The molecule has 0 aromatic heterocycles. The van der Waals surface area contributed by atoms with E-state index in [1.807, 2.05) is 18.2 Å². The lowest BCUT2D eigenvalue weighted by molar-refractivity contribution is -0.384. The van der Waals surface area contributed by atoms with E-state index in [-0.39, 0.29) is 11.6 Å². The van der Waals surface area contributed by atoms with Gasteiger partial charge in [-0.05, 0) is 18.2 Å². The van der Waals surface area contributed by atoms with Crippen molar-refractivity contribution in [1.29, 1.82) is 0 Å². The summed E-state index contributed by atoms with van der Waals surface area (Å²) in [6, 6.07) is 11.3. The predicted octanol–water partition coefficient (Wildman–Crippen LogP) is 3.46. The number of nitrogens with one attached hydrogen (secondary N) is 2. The fourth-order valence-electron chi connectivity index (χ4n) is 2.29. The highest BCUT2D eigenvalue weighted by Crippen LogP contribution is 2.36. The molecule has 1 amide bonds. The van der Waals surface area contributed by atoms with E-state index in [4.69, 9.17) is 0 Å². The Hall–Kier alpha value is -2.41. The number of halogens is 1. The van der Waals surface area contributed by atoms with Gasteiger partial charge in [0.15, 0.2) is 0 Å². The molecule has 106 valence electrons. The maximum atomic E-state index is 12.0. The summed E-state index contributed by atoms with van der Waals surface area (Å²) in [6.45, 7) is 0. The third-order valence-electron chi connectivity index (χ3n) is 3.25. The van der Waals surface area contributed by atoms with Gasteiger partial charge in [0.25, 0.3) is 11.6 Å². The third-order valence-corrected chi connectivity index (χ3v) is 3.74. The van der Waals surface area contributed by atoms with Crippen LogP contribution in [-0.4, -0.2) is 10.8 Å². The van der Waals surface area contributed by atoms with Crippen molar-refractivity contribution in [2.45, 2.75) is 6.04 Å². The molecular weight excluding hydrogens is 338 g/mol. The molecule has 0 fully saturated rings. The number of hydrogen-bond acceptors (Lipinski definition) is 4. The average Bonchev–Trinajstić information content (AvgIpc) is 2.77. The molecule has 0 bridgehead atoms. The number of anilines is 2. The van der Waals surface area contributed by atoms with Gasteiger partial charge < -0.3 is 10.6 Å². The van der Waals surface area contributed by atoms with Gasteiger partial charge >= 0.3 is 0 Å². The molecule has 1 unspecified atom stereocenters. The molecule has 2 aromatic rings. The largest absolute Gasteiger partial charge is 0.364 e. The van der Waals surface area contributed by atoms with Gasteiger partial charge in [-0.25, -0.2) is 0 Å². The summed E-state index contributed by atoms with van der Waals surface area (Å²) in [7, 11) is 0. The van der Waals surface area contributed by atoms with Crippen LogP contribution in [0.1, 0.15) is 11.6 Å². The molecule has 0 saturated carbocycles. The van der Waals surface area contributed by atoms with Crippen LogP contribution in [0.5, 0.6) is 0 Å². The van der Waals surface area contributed by atoms with Gasteiger partial charge in [0.1, 0.15) is 11.7 Å². The monoisotopic (exact) mass is 347 g/mol. The van der Waals surface area contributed by atoms with Gasteiger partial charge in [-0.3, -0.25) is 14.9 Å². The van der Waals surface area contributed by atoms with E-state index in [2.05, 4.69) is 26.6 Å². The first kappa shape index (κ1) is 13.6. The van der Waals surface area contributed by atoms with Gasteiger partial charge in [-0.2, -0.15) is 0 Å². The molecule has 1 aliphatic heterocycles. The van der Waals surface area contributed by atoms with Crippen molar-refractivity contribution < 1.29 is 9.72 Å². The summed E-state index contributed by atoms with van der Waals surface area (Å²) < 4.78 is 0.607. The second kappa shape index (κ2) is 5.17. The maximum Gasteiger partial charge on any atom is 0.293 e. The molecule has 1 heterocycles. The van der Waals surface area contributed by atoms with E-state index in [0.29, 0.717) is 10.2 Å². The minimum atomic E-state index is -0.638. The Morgan fingerprint density at radius 3 is 2.76 bits per heavy atom. The number of hydrogen-bond donors (Lipinski definition) is 2. The molecule has 7 heteroatoms. The van der Waals surface area contributed by atoms with Crippen molar-refractivity contribution >= 4 is 38.9 Å². The minimum absolute atomic E-state index is 0.0819. The van der Waals surface area contributed by atoms with E-state index < -0.39 is 11.0 Å². The Labute approximate surface area is 128 Å². The molecule has 0 spiro atoms. The van der Waals surface area contributed by atoms with Crippen molar-refractivity contribution in [1.82, 2.24) is 0 Å². The number of benzene rings is 2.